The van der Waals surface area contributed by atoms with Gasteiger partial charge in [0.25, 0.3) is 0 Å². The Morgan fingerprint density at radius 3 is 2.61 bits per heavy atom. The highest BCUT2D eigenvalue weighted by atomic mass is 16.5. The normalized spacial score (nSPS) is 17.1. The molecule has 1 N–H and O–H groups in total. The van der Waals surface area contributed by atoms with Crippen molar-refractivity contribution in [2.24, 2.45) is 0 Å². The van der Waals surface area contributed by atoms with Gasteiger partial charge in [0.15, 0.2) is 0 Å². The molecule has 1 heterocycles. The molecule has 2 amide bonds. The number of benzene rings is 2. The number of fused-ring (bicyclic) bond motifs is 1. The van der Waals surface area contributed by atoms with Gasteiger partial charge in [-0.15, -0.1) is 0 Å². The van der Waals surface area contributed by atoms with E-state index in [2.05, 4.69) is 10.2 Å². The molecule has 6 heteroatoms. The number of amides is 2. The summed E-state index contributed by atoms with van der Waals surface area (Å²) in [5.41, 5.74) is 2.59. The summed E-state index contributed by atoms with van der Waals surface area (Å²) in [7, 11) is 1.65. The summed E-state index contributed by atoms with van der Waals surface area (Å²) in [6.45, 7) is 2.70. The van der Waals surface area contributed by atoms with Crippen LogP contribution >= 0.6 is 0 Å². The van der Waals surface area contributed by atoms with Crippen LogP contribution in [0.15, 0.2) is 48.5 Å². The van der Waals surface area contributed by atoms with Crippen LogP contribution in [0.5, 0.6) is 5.75 Å². The molecule has 28 heavy (non-hydrogen) atoms. The van der Waals surface area contributed by atoms with Crippen molar-refractivity contribution in [1.82, 2.24) is 4.90 Å². The quantitative estimate of drug-likeness (QED) is 0.838. The van der Waals surface area contributed by atoms with Gasteiger partial charge in [-0.2, -0.15) is 0 Å². The van der Waals surface area contributed by atoms with E-state index in [0.717, 1.165) is 29.8 Å². The van der Waals surface area contributed by atoms with Crippen LogP contribution < -0.4 is 15.0 Å². The lowest BCUT2D eigenvalue weighted by Crippen LogP contribution is -2.51. The molecule has 2 aromatic carbocycles. The summed E-state index contributed by atoms with van der Waals surface area (Å²) in [4.78, 5) is 29.3. The van der Waals surface area contributed by atoms with Crippen LogP contribution in [0.1, 0.15) is 25.3 Å². The summed E-state index contributed by atoms with van der Waals surface area (Å²) < 4.78 is 5.23. The number of nitrogens with one attached hydrogen (secondary N) is 1. The van der Waals surface area contributed by atoms with E-state index in [1.807, 2.05) is 55.5 Å². The highest BCUT2D eigenvalue weighted by molar-refractivity contribution is 6.11. The second kappa shape index (κ2) is 7.64. The number of methoxy groups -OCH3 is 1. The van der Waals surface area contributed by atoms with E-state index < -0.39 is 0 Å². The minimum Gasteiger partial charge on any atom is -0.497 e. The number of carbonyl (C=O) groups excluding carboxylic acids is 2. The number of hydrogen-bond acceptors (Lipinski definition) is 4. The molecular weight excluding hydrogens is 354 g/mol. The first kappa shape index (κ1) is 18.5. The third-order valence-corrected chi connectivity index (χ3v) is 5.43. The maximum absolute atomic E-state index is 13.4. The van der Waals surface area contributed by atoms with Crippen LogP contribution in [0.4, 0.5) is 11.4 Å². The van der Waals surface area contributed by atoms with Crippen LogP contribution in [-0.4, -0.2) is 42.5 Å². The fourth-order valence-electron chi connectivity index (χ4n) is 3.73. The van der Waals surface area contributed by atoms with E-state index in [1.165, 1.54) is 0 Å². The number of anilines is 2. The zero-order valence-corrected chi connectivity index (χ0v) is 16.2. The smallest absolute Gasteiger partial charge is 0.244 e. The largest absolute Gasteiger partial charge is 0.497 e. The molecule has 0 saturated heterocycles. The first-order valence-electron chi connectivity index (χ1n) is 9.66. The topological polar surface area (TPSA) is 61.9 Å². The van der Waals surface area contributed by atoms with Gasteiger partial charge in [0, 0.05) is 12.6 Å². The van der Waals surface area contributed by atoms with Crippen LogP contribution in [-0.2, 0) is 16.1 Å². The molecule has 1 aliphatic heterocycles. The maximum atomic E-state index is 13.4. The first-order valence-corrected chi connectivity index (χ1v) is 9.66. The highest BCUT2D eigenvalue weighted by Crippen LogP contribution is 2.33. The lowest BCUT2D eigenvalue weighted by atomic mass is 10.1. The molecule has 1 atom stereocenters. The highest BCUT2D eigenvalue weighted by Gasteiger charge is 2.38. The molecular formula is C22H25N3O3. The van der Waals surface area contributed by atoms with Crippen molar-refractivity contribution in [3.63, 3.8) is 0 Å². The second-order valence-corrected chi connectivity index (χ2v) is 7.42. The van der Waals surface area contributed by atoms with Crippen LogP contribution in [0.25, 0.3) is 0 Å². The molecule has 0 unspecified atom stereocenters. The average molecular weight is 379 g/mol. The summed E-state index contributed by atoms with van der Waals surface area (Å²) in [6.07, 6.45) is 2.20. The molecule has 0 spiro atoms. The van der Waals surface area contributed by atoms with Gasteiger partial charge in [0.05, 0.1) is 24.5 Å². The van der Waals surface area contributed by atoms with Crippen molar-refractivity contribution in [3.8, 4) is 5.75 Å². The van der Waals surface area contributed by atoms with Crippen molar-refractivity contribution in [2.45, 2.75) is 38.4 Å². The molecule has 1 aliphatic carbocycles. The minimum atomic E-state index is -0.312. The summed E-state index contributed by atoms with van der Waals surface area (Å²) in [6, 6.07) is 15.5. The molecule has 146 valence electrons. The van der Waals surface area contributed by atoms with Crippen molar-refractivity contribution in [1.29, 1.82) is 0 Å². The molecule has 2 aliphatic rings. The molecule has 0 aromatic heterocycles. The number of rotatable bonds is 6. The van der Waals surface area contributed by atoms with Gasteiger partial charge in [0.1, 0.15) is 12.3 Å². The third kappa shape index (κ3) is 3.73. The number of ether oxygens (including phenoxy) is 1. The predicted molar refractivity (Wildman–Crippen MR) is 108 cm³/mol. The number of nitrogens with zero attached hydrogens (tertiary/aromatic N) is 2. The fourth-order valence-corrected chi connectivity index (χ4v) is 3.73. The van der Waals surface area contributed by atoms with Crippen molar-refractivity contribution in [3.05, 3.63) is 54.1 Å². The van der Waals surface area contributed by atoms with E-state index in [0.29, 0.717) is 18.3 Å². The monoisotopic (exact) mass is 379 g/mol. The zero-order chi connectivity index (χ0) is 19.7. The molecule has 1 saturated carbocycles. The van der Waals surface area contributed by atoms with Crippen LogP contribution in [0, 0.1) is 0 Å². The van der Waals surface area contributed by atoms with Crippen LogP contribution in [0.2, 0.25) is 0 Å². The summed E-state index contributed by atoms with van der Waals surface area (Å²) in [5.74, 6) is 0.622. The van der Waals surface area contributed by atoms with E-state index in [1.54, 1.807) is 12.0 Å². The molecule has 4 rings (SSSR count). The Bertz CT molecular complexity index is 877. The number of hydrogen-bond donors (Lipinski definition) is 1. The van der Waals surface area contributed by atoms with Gasteiger partial charge in [-0.25, -0.2) is 0 Å². The van der Waals surface area contributed by atoms with Crippen molar-refractivity contribution >= 4 is 23.2 Å². The SMILES string of the molecule is COc1ccc(CN(C2CC2)[C@@H](C)C(=O)N2CC(=O)Nc3ccccc32)cc1. The zero-order valence-electron chi connectivity index (χ0n) is 16.2. The van der Waals surface area contributed by atoms with E-state index in [9.17, 15) is 9.59 Å². The van der Waals surface area contributed by atoms with Gasteiger partial charge in [-0.3, -0.25) is 19.4 Å². The molecule has 2 aromatic rings. The Kier molecular flexibility index (Phi) is 5.05. The van der Waals surface area contributed by atoms with E-state index in [-0.39, 0.29) is 24.4 Å². The van der Waals surface area contributed by atoms with Gasteiger partial charge < -0.3 is 10.1 Å². The molecule has 0 radical (unpaired) electrons. The number of para-hydroxylation sites is 2. The predicted octanol–water partition coefficient (Wildman–Crippen LogP) is 3.03. The van der Waals surface area contributed by atoms with Gasteiger partial charge in [0.2, 0.25) is 11.8 Å². The second-order valence-electron chi connectivity index (χ2n) is 7.42. The van der Waals surface area contributed by atoms with Gasteiger partial charge >= 0.3 is 0 Å². The first-order chi connectivity index (χ1) is 13.6. The van der Waals surface area contributed by atoms with Crippen molar-refractivity contribution < 1.29 is 14.3 Å². The number of carbonyl (C=O) groups is 2. The Morgan fingerprint density at radius 1 is 1.21 bits per heavy atom. The Labute approximate surface area is 165 Å². The van der Waals surface area contributed by atoms with E-state index >= 15 is 0 Å². The Morgan fingerprint density at radius 2 is 1.93 bits per heavy atom. The Hall–Kier alpha value is -2.86. The van der Waals surface area contributed by atoms with Crippen LogP contribution in [0.3, 0.4) is 0 Å². The van der Waals surface area contributed by atoms with Gasteiger partial charge in [-0.05, 0) is 49.6 Å². The third-order valence-electron chi connectivity index (χ3n) is 5.43. The minimum absolute atomic E-state index is 0.0392. The standard InChI is InChI=1S/C22H25N3O3/c1-15(22(27)25-14-21(26)23-19-5-3-4-6-20(19)25)24(17-9-10-17)13-16-7-11-18(28-2)12-8-16/h3-8,11-12,15,17H,9-10,13-14H2,1-2H3,(H,23,26)/t15-/m0/s1. The molecule has 0 bridgehead atoms. The van der Waals surface area contributed by atoms with E-state index in [4.69, 9.17) is 4.74 Å². The van der Waals surface area contributed by atoms with Gasteiger partial charge in [-0.1, -0.05) is 24.3 Å². The lowest BCUT2D eigenvalue weighted by Gasteiger charge is -2.35. The summed E-state index contributed by atoms with van der Waals surface area (Å²) in [5, 5.41) is 2.84. The molecule has 6 nitrogen and oxygen atoms in total. The fraction of sp³-hybridized carbons (Fsp3) is 0.364. The lowest BCUT2D eigenvalue weighted by molar-refractivity contribution is -0.125. The summed E-state index contributed by atoms with van der Waals surface area (Å²) >= 11 is 0. The Balaban J connectivity index is 1.55. The molecule has 1 fully saturated rings. The van der Waals surface area contributed by atoms with Crippen molar-refractivity contribution in [2.75, 3.05) is 23.9 Å². The average Bonchev–Trinajstić information content (AvgIpc) is 3.56. The maximum Gasteiger partial charge on any atom is 0.244 e.